The smallest absolute Gasteiger partial charge is 0.408 e. The number of carbonyl (C=O) groups excluding carboxylic acids is 3. The van der Waals surface area contributed by atoms with Crippen LogP contribution in [0.15, 0.2) is 42.5 Å². The highest BCUT2D eigenvalue weighted by Crippen LogP contribution is 2.28. The molecule has 218 valence electrons. The number of aryl methyl sites for hydroxylation is 3. The Labute approximate surface area is 242 Å². The van der Waals surface area contributed by atoms with E-state index in [0.717, 1.165) is 41.0 Å². The summed E-state index contributed by atoms with van der Waals surface area (Å²) in [5.74, 6) is 1.00. The van der Waals surface area contributed by atoms with Gasteiger partial charge in [0.25, 0.3) is 0 Å². The van der Waals surface area contributed by atoms with Gasteiger partial charge in [0.2, 0.25) is 11.8 Å². The maximum absolute atomic E-state index is 13.8. The zero-order valence-electron chi connectivity index (χ0n) is 24.3. The van der Waals surface area contributed by atoms with Crippen LogP contribution < -0.4 is 16.0 Å². The largest absolute Gasteiger partial charge is 0.508 e. The first-order valence-electron chi connectivity index (χ1n) is 13.9. The number of rotatable bonds is 10. The maximum Gasteiger partial charge on any atom is 0.408 e. The summed E-state index contributed by atoms with van der Waals surface area (Å²) in [6.07, 6.45) is 2.13. The molecule has 0 bridgehead atoms. The van der Waals surface area contributed by atoms with Gasteiger partial charge in [-0.3, -0.25) is 9.59 Å². The second-order valence-corrected chi connectivity index (χ2v) is 12.7. The van der Waals surface area contributed by atoms with Gasteiger partial charge in [0, 0.05) is 13.0 Å². The molecule has 1 saturated heterocycles. The predicted octanol–water partition coefficient (Wildman–Crippen LogP) is 4.58. The summed E-state index contributed by atoms with van der Waals surface area (Å²) < 4.78 is 5.45. The molecule has 0 saturated carbocycles. The second-order valence-electron chi connectivity index (χ2n) is 11.5. The molecule has 1 fully saturated rings. The summed E-state index contributed by atoms with van der Waals surface area (Å²) in [6, 6.07) is 12.4. The fraction of sp³-hybridized carbons (Fsp3) is 0.516. The van der Waals surface area contributed by atoms with E-state index in [1.165, 1.54) is 5.56 Å². The van der Waals surface area contributed by atoms with Crippen LogP contribution in [0, 0.1) is 13.8 Å². The molecule has 3 rings (SSSR count). The Hall–Kier alpha value is -3.20. The average molecular weight is 570 g/mol. The van der Waals surface area contributed by atoms with Gasteiger partial charge >= 0.3 is 6.09 Å². The van der Waals surface area contributed by atoms with Crippen molar-refractivity contribution in [1.29, 1.82) is 0 Å². The molecule has 3 amide bonds. The van der Waals surface area contributed by atoms with Crippen LogP contribution >= 0.6 is 11.8 Å². The standard InChI is InChI=1S/C31H43N3O5S/c1-21-18-24(35)19-22(2)25(21)20-26(33-29(38)39-30(3,4)5)27(36)34-31(13-16-40-17-14-31)28(37)32-15-9-12-23-10-7-6-8-11-23/h6-8,10-11,18-19,26,35H,9,12-17,20H2,1-5H3,(H,32,37)(H,33,38)(H,34,36). The molecule has 0 aromatic heterocycles. The topological polar surface area (TPSA) is 117 Å². The Morgan fingerprint density at radius 2 is 1.68 bits per heavy atom. The van der Waals surface area contributed by atoms with Crippen molar-refractivity contribution in [1.82, 2.24) is 16.0 Å². The van der Waals surface area contributed by atoms with Gasteiger partial charge in [0.15, 0.2) is 0 Å². The van der Waals surface area contributed by atoms with Crippen LogP contribution in [0.2, 0.25) is 0 Å². The van der Waals surface area contributed by atoms with E-state index < -0.39 is 29.2 Å². The molecule has 2 aromatic rings. The average Bonchev–Trinajstić information content (AvgIpc) is 2.87. The summed E-state index contributed by atoms with van der Waals surface area (Å²) in [5, 5.41) is 18.8. The molecular formula is C31H43N3O5S. The van der Waals surface area contributed by atoms with E-state index in [1.54, 1.807) is 44.7 Å². The van der Waals surface area contributed by atoms with Crippen molar-refractivity contribution in [3.8, 4) is 5.75 Å². The van der Waals surface area contributed by atoms with Gasteiger partial charge in [0.05, 0.1) is 0 Å². The van der Waals surface area contributed by atoms with E-state index in [0.29, 0.717) is 19.4 Å². The van der Waals surface area contributed by atoms with Crippen LogP contribution in [-0.2, 0) is 27.2 Å². The Morgan fingerprint density at radius 3 is 2.27 bits per heavy atom. The van der Waals surface area contributed by atoms with Gasteiger partial charge in [-0.15, -0.1) is 0 Å². The first-order chi connectivity index (χ1) is 18.9. The Bertz CT molecular complexity index is 1150. The fourth-order valence-electron chi connectivity index (χ4n) is 4.92. The second kappa shape index (κ2) is 13.9. The molecule has 1 aliphatic rings. The number of benzene rings is 2. The van der Waals surface area contributed by atoms with Crippen LogP contribution in [0.25, 0.3) is 0 Å². The number of carbonyl (C=O) groups is 3. The van der Waals surface area contributed by atoms with Crippen molar-refractivity contribution in [3.05, 3.63) is 64.7 Å². The minimum Gasteiger partial charge on any atom is -0.508 e. The third kappa shape index (κ3) is 9.18. The first-order valence-corrected chi connectivity index (χ1v) is 15.0. The van der Waals surface area contributed by atoms with E-state index in [4.69, 9.17) is 4.74 Å². The summed E-state index contributed by atoms with van der Waals surface area (Å²) in [7, 11) is 0. The van der Waals surface area contributed by atoms with E-state index in [2.05, 4.69) is 28.1 Å². The Kier molecular flexibility index (Phi) is 10.9. The van der Waals surface area contributed by atoms with Gasteiger partial charge in [-0.2, -0.15) is 11.8 Å². The first kappa shape index (κ1) is 31.3. The lowest BCUT2D eigenvalue weighted by molar-refractivity contribution is -0.135. The zero-order valence-corrected chi connectivity index (χ0v) is 25.1. The highest BCUT2D eigenvalue weighted by Gasteiger charge is 2.42. The lowest BCUT2D eigenvalue weighted by atomic mass is 9.89. The number of nitrogens with one attached hydrogen (secondary N) is 3. The van der Waals surface area contributed by atoms with Crippen LogP contribution in [0.5, 0.6) is 5.75 Å². The lowest BCUT2D eigenvalue weighted by Gasteiger charge is -2.37. The molecule has 1 aliphatic heterocycles. The number of hydrogen-bond donors (Lipinski definition) is 4. The number of thioether (sulfide) groups is 1. The minimum absolute atomic E-state index is 0.141. The molecule has 4 N–H and O–H groups in total. The third-order valence-electron chi connectivity index (χ3n) is 7.01. The molecule has 1 unspecified atom stereocenters. The van der Waals surface area contributed by atoms with E-state index in [9.17, 15) is 19.5 Å². The van der Waals surface area contributed by atoms with E-state index in [1.807, 2.05) is 32.0 Å². The fourth-order valence-corrected chi connectivity index (χ4v) is 6.11. The van der Waals surface area contributed by atoms with E-state index in [-0.39, 0.29) is 18.1 Å². The SMILES string of the molecule is Cc1cc(O)cc(C)c1CC(NC(=O)OC(C)(C)C)C(=O)NC1(C(=O)NCCCc2ccccc2)CCSCC1. The number of phenolic OH excluding ortho intramolecular Hbond substituents is 1. The monoisotopic (exact) mass is 569 g/mol. The summed E-state index contributed by atoms with van der Waals surface area (Å²) in [5.41, 5.74) is 1.87. The predicted molar refractivity (Wildman–Crippen MR) is 160 cm³/mol. The van der Waals surface area contributed by atoms with Gasteiger partial charge < -0.3 is 25.8 Å². The number of amides is 3. The highest BCUT2D eigenvalue weighted by molar-refractivity contribution is 7.99. The number of hydrogen-bond acceptors (Lipinski definition) is 6. The van der Waals surface area contributed by atoms with Crippen LogP contribution in [0.1, 0.15) is 62.3 Å². The van der Waals surface area contributed by atoms with Crippen LogP contribution in [0.4, 0.5) is 4.79 Å². The van der Waals surface area contributed by atoms with Gasteiger partial charge in [-0.05, 0) is 106 Å². The van der Waals surface area contributed by atoms with Crippen molar-refractivity contribution in [2.45, 2.75) is 83.9 Å². The molecule has 40 heavy (non-hydrogen) atoms. The Morgan fingerprint density at radius 1 is 1.05 bits per heavy atom. The van der Waals surface area contributed by atoms with Gasteiger partial charge in [-0.25, -0.2) is 4.79 Å². The summed E-state index contributed by atoms with van der Waals surface area (Å²) >= 11 is 1.76. The number of ether oxygens (including phenoxy) is 1. The molecule has 8 nitrogen and oxygen atoms in total. The Balaban J connectivity index is 1.76. The lowest BCUT2D eigenvalue weighted by Crippen LogP contribution is -2.64. The zero-order chi connectivity index (χ0) is 29.3. The number of aromatic hydroxyl groups is 1. The van der Waals surface area contributed by atoms with Crippen LogP contribution in [-0.4, -0.2) is 58.2 Å². The molecule has 1 atom stereocenters. The summed E-state index contributed by atoms with van der Waals surface area (Å²) in [4.78, 5) is 40.1. The molecule has 0 radical (unpaired) electrons. The number of phenols is 1. The van der Waals surface area contributed by atoms with Crippen molar-refractivity contribution < 1.29 is 24.2 Å². The van der Waals surface area contributed by atoms with Crippen molar-refractivity contribution >= 4 is 29.7 Å². The minimum atomic E-state index is -1.05. The normalized spacial score (nSPS) is 15.5. The third-order valence-corrected chi connectivity index (χ3v) is 8.00. The van der Waals surface area contributed by atoms with E-state index >= 15 is 0 Å². The molecule has 1 heterocycles. The molecular weight excluding hydrogens is 526 g/mol. The molecule has 0 spiro atoms. The van der Waals surface area contributed by atoms with Gasteiger partial charge in [-0.1, -0.05) is 30.3 Å². The van der Waals surface area contributed by atoms with Crippen LogP contribution in [0.3, 0.4) is 0 Å². The quantitative estimate of drug-likeness (QED) is 0.312. The number of alkyl carbamates (subject to hydrolysis) is 1. The van der Waals surface area contributed by atoms with Crippen molar-refractivity contribution in [2.75, 3.05) is 18.1 Å². The molecule has 0 aliphatic carbocycles. The summed E-state index contributed by atoms with van der Waals surface area (Å²) in [6.45, 7) is 9.48. The highest BCUT2D eigenvalue weighted by atomic mass is 32.2. The van der Waals surface area contributed by atoms with Crippen molar-refractivity contribution in [2.24, 2.45) is 0 Å². The molecule has 9 heteroatoms. The molecule has 2 aromatic carbocycles. The maximum atomic E-state index is 13.8. The van der Waals surface area contributed by atoms with Crippen molar-refractivity contribution in [3.63, 3.8) is 0 Å². The van der Waals surface area contributed by atoms with Gasteiger partial charge in [0.1, 0.15) is 22.9 Å².